The van der Waals surface area contributed by atoms with E-state index in [1.54, 1.807) is 0 Å². The van der Waals surface area contributed by atoms with Crippen LogP contribution in [0.1, 0.15) is 85.0 Å². The third-order valence-corrected chi connectivity index (χ3v) is 4.79. The van der Waals surface area contributed by atoms with Crippen molar-refractivity contribution in [3.05, 3.63) is 0 Å². The molecular weight excluding hydrogens is 220 g/mol. The highest BCUT2D eigenvalue weighted by molar-refractivity contribution is 4.84. The Labute approximate surface area is 114 Å². The van der Waals surface area contributed by atoms with Gasteiger partial charge in [-0.25, -0.2) is 0 Å². The summed E-state index contributed by atoms with van der Waals surface area (Å²) in [5.74, 6) is 6.58. The Kier molecular flexibility index (Phi) is 7.25. The third-order valence-electron chi connectivity index (χ3n) is 4.79. The van der Waals surface area contributed by atoms with Gasteiger partial charge in [-0.05, 0) is 43.4 Å². The van der Waals surface area contributed by atoms with Gasteiger partial charge in [0.25, 0.3) is 0 Å². The summed E-state index contributed by atoms with van der Waals surface area (Å²) in [7, 11) is 0. The minimum atomic E-state index is 0.558. The molecule has 1 rings (SSSR count). The van der Waals surface area contributed by atoms with Crippen molar-refractivity contribution in [2.45, 2.75) is 91.0 Å². The van der Waals surface area contributed by atoms with Gasteiger partial charge in [0, 0.05) is 6.04 Å². The molecule has 0 aromatic heterocycles. The van der Waals surface area contributed by atoms with Gasteiger partial charge in [0.05, 0.1) is 0 Å². The van der Waals surface area contributed by atoms with Gasteiger partial charge in [-0.2, -0.15) is 0 Å². The van der Waals surface area contributed by atoms with Crippen LogP contribution in [0, 0.1) is 11.3 Å². The Morgan fingerprint density at radius 2 is 1.72 bits per heavy atom. The number of nitrogens with two attached hydrogens (primary N) is 1. The normalized spacial score (nSPS) is 22.0. The molecule has 1 aliphatic rings. The predicted octanol–water partition coefficient (Wildman–Crippen LogP) is 4.40. The van der Waals surface area contributed by atoms with E-state index in [-0.39, 0.29) is 0 Å². The van der Waals surface area contributed by atoms with Crippen molar-refractivity contribution in [2.75, 3.05) is 0 Å². The molecule has 1 unspecified atom stereocenters. The standard InChI is InChI=1S/C16H34N2/c1-4-5-6-7-8-9-15(18-17)14-10-12-16(2,3)13-11-14/h14-15,18H,4-13,17H2,1-3H3. The maximum absolute atomic E-state index is 5.76. The van der Waals surface area contributed by atoms with Crippen LogP contribution in [0.2, 0.25) is 0 Å². The molecular formula is C16H34N2. The topological polar surface area (TPSA) is 38.0 Å². The quantitative estimate of drug-likeness (QED) is 0.383. The molecule has 0 aliphatic heterocycles. The second kappa shape index (κ2) is 8.16. The van der Waals surface area contributed by atoms with E-state index < -0.39 is 0 Å². The summed E-state index contributed by atoms with van der Waals surface area (Å²) < 4.78 is 0. The molecule has 0 aromatic carbocycles. The molecule has 0 spiro atoms. The van der Waals surface area contributed by atoms with E-state index in [4.69, 9.17) is 5.84 Å². The highest BCUT2D eigenvalue weighted by atomic mass is 15.2. The molecule has 0 radical (unpaired) electrons. The van der Waals surface area contributed by atoms with Crippen LogP contribution < -0.4 is 11.3 Å². The first-order valence-corrected chi connectivity index (χ1v) is 8.05. The van der Waals surface area contributed by atoms with Gasteiger partial charge in [-0.3, -0.25) is 11.3 Å². The van der Waals surface area contributed by atoms with Gasteiger partial charge >= 0.3 is 0 Å². The highest BCUT2D eigenvalue weighted by Crippen LogP contribution is 2.39. The van der Waals surface area contributed by atoms with E-state index in [0.717, 1.165) is 5.92 Å². The number of hydrogen-bond acceptors (Lipinski definition) is 2. The van der Waals surface area contributed by atoms with Crippen LogP contribution in [0.15, 0.2) is 0 Å². The van der Waals surface area contributed by atoms with Gasteiger partial charge in [-0.1, -0.05) is 52.9 Å². The molecule has 0 amide bonds. The van der Waals surface area contributed by atoms with Crippen molar-refractivity contribution in [1.82, 2.24) is 5.43 Å². The van der Waals surface area contributed by atoms with E-state index >= 15 is 0 Å². The second-order valence-electron chi connectivity index (χ2n) is 6.98. The van der Waals surface area contributed by atoms with Crippen LogP contribution >= 0.6 is 0 Å². The average molecular weight is 254 g/mol. The SMILES string of the molecule is CCCCCCCC(NN)C1CCC(C)(C)CC1. The molecule has 3 N–H and O–H groups in total. The minimum absolute atomic E-state index is 0.558. The maximum atomic E-state index is 5.76. The van der Waals surface area contributed by atoms with Gasteiger partial charge in [0.1, 0.15) is 0 Å². The van der Waals surface area contributed by atoms with Crippen molar-refractivity contribution in [3.8, 4) is 0 Å². The van der Waals surface area contributed by atoms with Crippen molar-refractivity contribution in [2.24, 2.45) is 17.2 Å². The largest absolute Gasteiger partial charge is 0.271 e. The van der Waals surface area contributed by atoms with Crippen LogP contribution in [0.4, 0.5) is 0 Å². The van der Waals surface area contributed by atoms with E-state index in [1.165, 1.54) is 64.2 Å². The summed E-state index contributed by atoms with van der Waals surface area (Å²) in [6.45, 7) is 7.08. The zero-order valence-corrected chi connectivity index (χ0v) is 12.8. The van der Waals surface area contributed by atoms with Gasteiger partial charge in [-0.15, -0.1) is 0 Å². The number of nitrogens with one attached hydrogen (secondary N) is 1. The highest BCUT2D eigenvalue weighted by Gasteiger charge is 2.30. The van der Waals surface area contributed by atoms with Crippen LogP contribution in [-0.2, 0) is 0 Å². The summed E-state index contributed by atoms with van der Waals surface area (Å²) in [6.07, 6.45) is 13.6. The molecule has 0 bridgehead atoms. The van der Waals surface area contributed by atoms with E-state index in [1.807, 2.05) is 0 Å². The minimum Gasteiger partial charge on any atom is -0.271 e. The summed E-state index contributed by atoms with van der Waals surface area (Å²) in [4.78, 5) is 0. The van der Waals surface area contributed by atoms with E-state index in [0.29, 0.717) is 11.5 Å². The fourth-order valence-electron chi connectivity index (χ4n) is 3.25. The molecule has 108 valence electrons. The van der Waals surface area contributed by atoms with Crippen molar-refractivity contribution >= 4 is 0 Å². The summed E-state index contributed by atoms with van der Waals surface area (Å²) in [6, 6.07) is 0.558. The summed E-state index contributed by atoms with van der Waals surface area (Å²) in [5, 5.41) is 0. The average Bonchev–Trinajstić information content (AvgIpc) is 2.35. The van der Waals surface area contributed by atoms with Crippen LogP contribution in [0.5, 0.6) is 0 Å². The van der Waals surface area contributed by atoms with Crippen molar-refractivity contribution < 1.29 is 0 Å². The number of hydrazine groups is 1. The van der Waals surface area contributed by atoms with Crippen LogP contribution in [0.3, 0.4) is 0 Å². The lowest BCUT2D eigenvalue weighted by Crippen LogP contribution is -2.43. The molecule has 0 heterocycles. The predicted molar refractivity (Wildman–Crippen MR) is 80.2 cm³/mol. The fraction of sp³-hybridized carbons (Fsp3) is 1.00. The number of rotatable bonds is 8. The first kappa shape index (κ1) is 16.0. The van der Waals surface area contributed by atoms with Crippen LogP contribution in [-0.4, -0.2) is 6.04 Å². The van der Waals surface area contributed by atoms with E-state index in [2.05, 4.69) is 26.2 Å². The molecule has 18 heavy (non-hydrogen) atoms. The molecule has 0 aromatic rings. The Balaban J connectivity index is 2.20. The molecule has 1 aliphatic carbocycles. The maximum Gasteiger partial charge on any atom is 0.0238 e. The molecule has 1 atom stereocenters. The Morgan fingerprint density at radius 1 is 1.11 bits per heavy atom. The number of unbranched alkanes of at least 4 members (excludes halogenated alkanes) is 4. The van der Waals surface area contributed by atoms with Gasteiger partial charge < -0.3 is 0 Å². The third kappa shape index (κ3) is 5.71. The monoisotopic (exact) mass is 254 g/mol. The first-order chi connectivity index (χ1) is 8.59. The Bertz CT molecular complexity index is 203. The Morgan fingerprint density at radius 3 is 2.28 bits per heavy atom. The zero-order chi connectivity index (χ0) is 13.4. The molecule has 1 fully saturated rings. The van der Waals surface area contributed by atoms with Gasteiger partial charge in [0.15, 0.2) is 0 Å². The van der Waals surface area contributed by atoms with E-state index in [9.17, 15) is 0 Å². The van der Waals surface area contributed by atoms with Crippen LogP contribution in [0.25, 0.3) is 0 Å². The van der Waals surface area contributed by atoms with Crippen molar-refractivity contribution in [1.29, 1.82) is 0 Å². The molecule has 1 saturated carbocycles. The second-order valence-corrected chi connectivity index (χ2v) is 6.98. The fourth-order valence-corrected chi connectivity index (χ4v) is 3.25. The smallest absolute Gasteiger partial charge is 0.0238 e. The molecule has 0 saturated heterocycles. The lowest BCUT2D eigenvalue weighted by atomic mass is 9.70. The summed E-state index contributed by atoms with van der Waals surface area (Å²) in [5.41, 5.74) is 3.66. The van der Waals surface area contributed by atoms with Gasteiger partial charge in [0.2, 0.25) is 0 Å². The molecule has 2 nitrogen and oxygen atoms in total. The lowest BCUT2D eigenvalue weighted by Gasteiger charge is -2.37. The summed E-state index contributed by atoms with van der Waals surface area (Å²) >= 11 is 0. The Hall–Kier alpha value is -0.0800. The van der Waals surface area contributed by atoms with Crippen molar-refractivity contribution in [3.63, 3.8) is 0 Å². The number of hydrogen-bond donors (Lipinski definition) is 2. The molecule has 2 heteroatoms. The zero-order valence-electron chi connectivity index (χ0n) is 12.8. The first-order valence-electron chi connectivity index (χ1n) is 8.05. The lowest BCUT2D eigenvalue weighted by molar-refractivity contribution is 0.156.